The van der Waals surface area contributed by atoms with Crippen molar-refractivity contribution in [1.29, 1.82) is 0 Å². The summed E-state index contributed by atoms with van der Waals surface area (Å²) in [6.07, 6.45) is -1.90. The lowest BCUT2D eigenvalue weighted by atomic mass is 10.1. The second-order valence-corrected chi connectivity index (χ2v) is 10.2. The number of carboxylic acid groups (broad SMARTS) is 1. The Bertz CT molecular complexity index is 1240. The summed E-state index contributed by atoms with van der Waals surface area (Å²) in [5.74, 6) is -0.701. The Morgan fingerprint density at radius 2 is 2.00 bits per heavy atom. The number of nitrogens with zero attached hydrogens (tertiary/aromatic N) is 3. The van der Waals surface area contributed by atoms with Crippen LogP contribution in [-0.4, -0.2) is 59.6 Å². The van der Waals surface area contributed by atoms with Crippen molar-refractivity contribution in [2.45, 2.75) is 56.9 Å². The van der Waals surface area contributed by atoms with Crippen LogP contribution >= 0.6 is 0 Å². The molecule has 1 aliphatic heterocycles. The molecule has 12 nitrogen and oxygen atoms in total. The summed E-state index contributed by atoms with van der Waals surface area (Å²) < 4.78 is 60.7. The van der Waals surface area contributed by atoms with Gasteiger partial charge in [-0.2, -0.15) is 13.9 Å². The quantitative estimate of drug-likeness (QED) is 0.480. The molecule has 192 valence electrons. The largest absolute Gasteiger partial charge is 0.530 e. The van der Waals surface area contributed by atoms with Crippen LogP contribution in [0.4, 0.5) is 25.0 Å². The number of hydrogen-bond donors (Lipinski definition) is 3. The highest BCUT2D eigenvalue weighted by Crippen LogP contribution is 2.42. The molecular formula is C20H24F2N5O7S-. The molecule has 0 radical (unpaired) electrons. The van der Waals surface area contributed by atoms with Crippen LogP contribution in [0.3, 0.4) is 0 Å². The number of aliphatic hydroxyl groups is 1. The molecule has 3 rings (SSSR count). The van der Waals surface area contributed by atoms with Gasteiger partial charge >= 0.3 is 6.55 Å². The smallest absolute Gasteiger partial charge is 0.333 e. The molecule has 0 saturated carbocycles. The third-order valence-electron chi connectivity index (χ3n) is 5.26. The average molecular weight is 517 g/mol. The van der Waals surface area contributed by atoms with Gasteiger partial charge in [0.1, 0.15) is 28.4 Å². The van der Waals surface area contributed by atoms with Crippen LogP contribution in [0.5, 0.6) is 5.75 Å². The third-order valence-corrected chi connectivity index (χ3v) is 7.26. The van der Waals surface area contributed by atoms with Crippen molar-refractivity contribution in [3.63, 3.8) is 0 Å². The molecule has 15 heteroatoms. The maximum atomic E-state index is 13.7. The number of fused-ring (bicyclic) bond motifs is 1. The van der Waals surface area contributed by atoms with Crippen LogP contribution in [0.2, 0.25) is 0 Å². The molecule has 0 unspecified atom stereocenters. The first-order valence-corrected chi connectivity index (χ1v) is 11.7. The van der Waals surface area contributed by atoms with Gasteiger partial charge in [-0.05, 0) is 45.9 Å². The molecule has 2 amide bonds. The molecule has 2 heterocycles. The molecule has 0 spiro atoms. The first-order valence-electron chi connectivity index (χ1n) is 10.3. The van der Waals surface area contributed by atoms with Crippen molar-refractivity contribution in [3.05, 3.63) is 30.1 Å². The summed E-state index contributed by atoms with van der Waals surface area (Å²) in [4.78, 5) is 22.6. The van der Waals surface area contributed by atoms with Gasteiger partial charge in [-0.1, -0.05) is 0 Å². The zero-order valence-electron chi connectivity index (χ0n) is 19.2. The summed E-state index contributed by atoms with van der Waals surface area (Å²) >= 11 is 0. The minimum absolute atomic E-state index is 0.0199. The molecule has 0 fully saturated rings. The second kappa shape index (κ2) is 9.30. The van der Waals surface area contributed by atoms with Gasteiger partial charge in [0.2, 0.25) is 0 Å². The molecule has 2 atom stereocenters. The fraction of sp³-hybridized carbons (Fsp3) is 0.450. The van der Waals surface area contributed by atoms with E-state index in [0.717, 1.165) is 4.31 Å². The summed E-state index contributed by atoms with van der Waals surface area (Å²) in [7, 11) is -4.53. The van der Waals surface area contributed by atoms with E-state index in [4.69, 9.17) is 4.74 Å². The van der Waals surface area contributed by atoms with Crippen molar-refractivity contribution >= 4 is 33.4 Å². The average Bonchev–Trinajstić information content (AvgIpc) is 3.13. The van der Waals surface area contributed by atoms with Crippen molar-refractivity contribution in [2.75, 3.05) is 16.2 Å². The molecule has 2 aromatic rings. The van der Waals surface area contributed by atoms with E-state index >= 15 is 0 Å². The van der Waals surface area contributed by atoms with Crippen LogP contribution in [0.1, 0.15) is 33.0 Å². The number of amides is 2. The number of aromatic nitrogens is 2. The van der Waals surface area contributed by atoms with Crippen LogP contribution in [0, 0.1) is 6.92 Å². The lowest BCUT2D eigenvalue weighted by Gasteiger charge is -2.41. The number of rotatable bonds is 7. The first kappa shape index (κ1) is 26.2. The molecule has 1 aromatic carbocycles. The maximum Gasteiger partial charge on any atom is 0.333 e. The summed E-state index contributed by atoms with van der Waals surface area (Å²) in [6.45, 7) is 1.99. The SMILES string of the molecule is Cc1nn(C(F)F)cc1S(=O)(=O)N1c2cc(NC(=O)[O-])ccc2O[C@@H](CNC(=O)C(C)(C)O)[C@H]1C. The zero-order valence-corrected chi connectivity index (χ0v) is 20.0. The highest BCUT2D eigenvalue weighted by Gasteiger charge is 2.42. The number of alkyl halides is 2. The summed E-state index contributed by atoms with van der Waals surface area (Å²) in [5, 5.41) is 28.9. The maximum absolute atomic E-state index is 13.7. The number of hydrogen-bond acceptors (Lipinski definition) is 8. The Kier molecular flexibility index (Phi) is 6.95. The first-order chi connectivity index (χ1) is 16.1. The Morgan fingerprint density at radius 3 is 2.54 bits per heavy atom. The fourth-order valence-corrected chi connectivity index (χ4v) is 5.35. The molecule has 1 aromatic heterocycles. The number of carbonyl (C=O) groups excluding carboxylic acids is 2. The number of carbonyl (C=O) groups is 2. The summed E-state index contributed by atoms with van der Waals surface area (Å²) in [6, 6.07) is 2.80. The fourth-order valence-electron chi connectivity index (χ4n) is 3.51. The minimum Gasteiger partial charge on any atom is -0.530 e. The Morgan fingerprint density at radius 1 is 1.34 bits per heavy atom. The Labute approximate surface area is 199 Å². The van der Waals surface area contributed by atoms with E-state index in [0.29, 0.717) is 6.20 Å². The molecule has 3 N–H and O–H groups in total. The molecule has 35 heavy (non-hydrogen) atoms. The van der Waals surface area contributed by atoms with E-state index in [1.165, 1.54) is 45.9 Å². The van der Waals surface area contributed by atoms with Crippen molar-refractivity contribution < 1.29 is 41.7 Å². The van der Waals surface area contributed by atoms with E-state index in [-0.39, 0.29) is 34.0 Å². The van der Waals surface area contributed by atoms with Gasteiger partial charge in [-0.25, -0.2) is 13.1 Å². The standard InChI is InChI=1S/C20H25F2N5O7S/c1-10-16(9-26(25-10)18(21)22)35(32,33)27-11(2)15(8-23-17(28)20(3,4)31)34-14-6-5-12(7-13(14)27)24-19(29)30/h5-7,9,11,15,18,24,31H,8H2,1-4H3,(H,23,28)(H,29,30)/p-1/t11-,15+/m1/s1. The molecule has 0 bridgehead atoms. The van der Waals surface area contributed by atoms with Gasteiger partial charge in [0.25, 0.3) is 15.9 Å². The monoisotopic (exact) mass is 516 g/mol. The predicted octanol–water partition coefficient (Wildman–Crippen LogP) is 0.574. The number of ether oxygens (including phenoxy) is 1. The number of aryl methyl sites for hydroxylation is 1. The zero-order chi connectivity index (χ0) is 26.3. The van der Waals surface area contributed by atoms with Crippen LogP contribution < -0.4 is 24.8 Å². The van der Waals surface area contributed by atoms with E-state index < -0.39 is 51.2 Å². The van der Waals surface area contributed by atoms with Crippen molar-refractivity contribution in [3.8, 4) is 5.75 Å². The van der Waals surface area contributed by atoms with Gasteiger partial charge in [0.15, 0.2) is 0 Å². The predicted molar refractivity (Wildman–Crippen MR) is 117 cm³/mol. The molecular weight excluding hydrogens is 492 g/mol. The van der Waals surface area contributed by atoms with Gasteiger partial charge in [-0.3, -0.25) is 9.10 Å². The van der Waals surface area contributed by atoms with Crippen LogP contribution in [0.15, 0.2) is 29.3 Å². The number of anilines is 2. The van der Waals surface area contributed by atoms with Gasteiger partial charge in [0.05, 0.1) is 30.2 Å². The van der Waals surface area contributed by atoms with E-state index in [2.05, 4.69) is 10.4 Å². The minimum atomic E-state index is -4.53. The topological polar surface area (TPSA) is 166 Å². The van der Waals surface area contributed by atoms with Crippen LogP contribution in [-0.2, 0) is 14.8 Å². The molecule has 0 aliphatic carbocycles. The lowest BCUT2D eigenvalue weighted by Crippen LogP contribution is -2.56. The van der Waals surface area contributed by atoms with Gasteiger partial charge in [0, 0.05) is 5.69 Å². The number of nitrogens with one attached hydrogen (secondary N) is 2. The Hall–Kier alpha value is -3.46. The number of halogens is 2. The van der Waals surface area contributed by atoms with E-state index in [1.54, 1.807) is 0 Å². The van der Waals surface area contributed by atoms with Gasteiger partial charge < -0.3 is 30.4 Å². The van der Waals surface area contributed by atoms with E-state index in [9.17, 15) is 37.0 Å². The normalized spacial score (nSPS) is 18.1. The highest BCUT2D eigenvalue weighted by molar-refractivity contribution is 7.93. The summed E-state index contributed by atoms with van der Waals surface area (Å²) in [5.41, 5.74) is -1.97. The second-order valence-electron chi connectivity index (χ2n) is 8.40. The molecule has 1 aliphatic rings. The lowest BCUT2D eigenvalue weighted by molar-refractivity contribution is -0.242. The van der Waals surface area contributed by atoms with Crippen LogP contribution in [0.25, 0.3) is 0 Å². The Balaban J connectivity index is 2.09. The number of benzene rings is 1. The van der Waals surface area contributed by atoms with Crippen molar-refractivity contribution in [2.24, 2.45) is 0 Å². The third kappa shape index (κ3) is 5.30. The van der Waals surface area contributed by atoms with Crippen molar-refractivity contribution in [1.82, 2.24) is 15.1 Å². The highest BCUT2D eigenvalue weighted by atomic mass is 32.2. The van der Waals surface area contributed by atoms with Gasteiger partial charge in [-0.15, -0.1) is 0 Å². The molecule has 0 saturated heterocycles. The number of sulfonamides is 1. The van der Waals surface area contributed by atoms with E-state index in [1.807, 2.05) is 5.32 Å².